The molecule has 2 rings (SSSR count). The third-order valence-corrected chi connectivity index (χ3v) is 2.56. The van der Waals surface area contributed by atoms with Gasteiger partial charge < -0.3 is 4.74 Å². The number of nitrogens with zero attached hydrogens (tertiary/aromatic N) is 1. The van der Waals surface area contributed by atoms with E-state index in [4.69, 9.17) is 4.74 Å². The van der Waals surface area contributed by atoms with Gasteiger partial charge in [-0.15, -0.1) is 0 Å². The van der Waals surface area contributed by atoms with Gasteiger partial charge in [0.1, 0.15) is 0 Å². The van der Waals surface area contributed by atoms with Gasteiger partial charge in [-0.3, -0.25) is 4.90 Å². The Balaban J connectivity index is 1.88. The van der Waals surface area contributed by atoms with Crippen molar-refractivity contribution in [3.8, 4) is 0 Å². The predicted molar refractivity (Wildman–Crippen MR) is 58.9 cm³/mol. The van der Waals surface area contributed by atoms with Gasteiger partial charge in [0.15, 0.2) is 0 Å². The zero-order valence-electron chi connectivity index (χ0n) is 8.85. The van der Waals surface area contributed by atoms with E-state index in [2.05, 4.69) is 0 Å². The Morgan fingerprint density at radius 3 is 2.67 bits per heavy atom. The first kappa shape index (κ1) is 10.0. The number of rotatable bonds is 3. The van der Waals surface area contributed by atoms with Gasteiger partial charge in [-0.25, -0.2) is 4.79 Å². The normalized spacial score (nSPS) is 14.7. The molecule has 0 aromatic heterocycles. The summed E-state index contributed by atoms with van der Waals surface area (Å²) < 4.78 is 5.17. The van der Waals surface area contributed by atoms with E-state index in [1.807, 2.05) is 30.3 Å². The van der Waals surface area contributed by atoms with Crippen molar-refractivity contribution in [2.24, 2.45) is 5.92 Å². The molecular formula is C12H15NO2. The molecule has 1 amide bonds. The quantitative estimate of drug-likeness (QED) is 0.759. The van der Waals surface area contributed by atoms with Gasteiger partial charge >= 0.3 is 6.09 Å². The summed E-state index contributed by atoms with van der Waals surface area (Å²) in [5, 5.41) is 0. The number of amides is 1. The molecule has 1 aliphatic rings. The molecule has 0 atom stereocenters. The van der Waals surface area contributed by atoms with Crippen LogP contribution in [0.15, 0.2) is 30.3 Å². The van der Waals surface area contributed by atoms with E-state index in [1.165, 1.54) is 17.7 Å². The molecular weight excluding hydrogens is 190 g/mol. The molecule has 1 fully saturated rings. The van der Waals surface area contributed by atoms with E-state index >= 15 is 0 Å². The molecule has 1 aliphatic carbocycles. The molecule has 0 bridgehead atoms. The van der Waals surface area contributed by atoms with E-state index in [0.29, 0.717) is 12.5 Å². The van der Waals surface area contributed by atoms with Crippen molar-refractivity contribution in [2.45, 2.75) is 12.8 Å². The molecule has 0 heterocycles. The fourth-order valence-electron chi connectivity index (χ4n) is 1.33. The molecule has 1 aromatic rings. The largest absolute Gasteiger partial charge is 0.449 e. The van der Waals surface area contributed by atoms with Crippen molar-refractivity contribution in [3.05, 3.63) is 30.3 Å². The first-order valence-corrected chi connectivity index (χ1v) is 5.23. The van der Waals surface area contributed by atoms with Crippen LogP contribution >= 0.6 is 0 Å². The molecule has 1 saturated carbocycles. The molecule has 3 heteroatoms. The molecule has 0 saturated heterocycles. The van der Waals surface area contributed by atoms with E-state index in [-0.39, 0.29) is 6.09 Å². The van der Waals surface area contributed by atoms with Crippen molar-refractivity contribution in [2.75, 3.05) is 18.6 Å². The second kappa shape index (κ2) is 4.34. The second-order valence-electron chi connectivity index (χ2n) is 3.91. The Hall–Kier alpha value is -1.51. The minimum absolute atomic E-state index is 0.270. The average molecular weight is 205 g/mol. The Bertz CT molecular complexity index is 333. The first-order chi connectivity index (χ1) is 7.27. The zero-order chi connectivity index (χ0) is 10.7. The van der Waals surface area contributed by atoms with Crippen molar-refractivity contribution in [3.63, 3.8) is 0 Å². The summed E-state index contributed by atoms with van der Waals surface area (Å²) in [7, 11) is 1.73. The maximum atomic E-state index is 11.6. The molecule has 0 unspecified atom stereocenters. The van der Waals surface area contributed by atoms with Crippen LogP contribution < -0.4 is 4.90 Å². The number of ether oxygens (including phenoxy) is 1. The third-order valence-electron chi connectivity index (χ3n) is 2.56. The lowest BCUT2D eigenvalue weighted by molar-refractivity contribution is 0.150. The predicted octanol–water partition coefficient (Wildman–Crippen LogP) is 2.67. The fraction of sp³-hybridized carbons (Fsp3) is 0.417. The summed E-state index contributed by atoms with van der Waals surface area (Å²) in [6, 6.07) is 9.50. The lowest BCUT2D eigenvalue weighted by atomic mass is 10.3. The van der Waals surface area contributed by atoms with Crippen LogP contribution in [-0.4, -0.2) is 19.7 Å². The van der Waals surface area contributed by atoms with Crippen molar-refractivity contribution >= 4 is 11.8 Å². The summed E-state index contributed by atoms with van der Waals surface area (Å²) >= 11 is 0. The van der Waals surface area contributed by atoms with E-state index in [9.17, 15) is 4.79 Å². The minimum atomic E-state index is -0.270. The minimum Gasteiger partial charge on any atom is -0.449 e. The molecule has 3 nitrogen and oxygen atoms in total. The van der Waals surface area contributed by atoms with Crippen molar-refractivity contribution in [1.29, 1.82) is 0 Å². The monoisotopic (exact) mass is 205 g/mol. The molecule has 0 aliphatic heterocycles. The van der Waals surface area contributed by atoms with Crippen LogP contribution in [0, 0.1) is 5.92 Å². The Labute approximate surface area is 89.7 Å². The Kier molecular flexibility index (Phi) is 2.90. The highest BCUT2D eigenvalue weighted by Gasteiger charge is 2.24. The van der Waals surface area contributed by atoms with Crippen molar-refractivity contribution < 1.29 is 9.53 Å². The van der Waals surface area contributed by atoms with E-state index in [1.54, 1.807) is 7.05 Å². The van der Waals surface area contributed by atoms with E-state index < -0.39 is 0 Å². The number of hydrogen-bond donors (Lipinski definition) is 0. The van der Waals surface area contributed by atoms with Crippen LogP contribution in [0.3, 0.4) is 0 Å². The second-order valence-corrected chi connectivity index (χ2v) is 3.91. The molecule has 0 spiro atoms. The lowest BCUT2D eigenvalue weighted by Gasteiger charge is -2.16. The summed E-state index contributed by atoms with van der Waals surface area (Å²) in [4.78, 5) is 13.1. The summed E-state index contributed by atoms with van der Waals surface area (Å²) in [6.45, 7) is 0.565. The van der Waals surface area contributed by atoms with Crippen LogP contribution in [0.5, 0.6) is 0 Å². The van der Waals surface area contributed by atoms with Crippen molar-refractivity contribution in [1.82, 2.24) is 0 Å². The number of para-hydroxylation sites is 1. The van der Waals surface area contributed by atoms with Crippen LogP contribution in [-0.2, 0) is 4.74 Å². The number of carbonyl (C=O) groups excluding carboxylic acids is 1. The smallest absolute Gasteiger partial charge is 0.414 e. The van der Waals surface area contributed by atoms with Gasteiger partial charge in [0.05, 0.1) is 6.61 Å². The van der Waals surface area contributed by atoms with Crippen LogP contribution in [0.1, 0.15) is 12.8 Å². The Morgan fingerprint density at radius 1 is 1.40 bits per heavy atom. The summed E-state index contributed by atoms with van der Waals surface area (Å²) in [6.07, 6.45) is 2.12. The average Bonchev–Trinajstić information content (AvgIpc) is 3.10. The number of anilines is 1. The molecule has 80 valence electrons. The maximum Gasteiger partial charge on any atom is 0.414 e. The van der Waals surface area contributed by atoms with Crippen LogP contribution in [0.2, 0.25) is 0 Å². The molecule has 0 radical (unpaired) electrons. The summed E-state index contributed by atoms with van der Waals surface area (Å²) in [5.74, 6) is 0.609. The van der Waals surface area contributed by atoms with Gasteiger partial charge in [0.25, 0.3) is 0 Å². The molecule has 0 N–H and O–H groups in total. The van der Waals surface area contributed by atoms with Gasteiger partial charge in [0.2, 0.25) is 0 Å². The Morgan fingerprint density at radius 2 is 2.07 bits per heavy atom. The number of hydrogen-bond acceptors (Lipinski definition) is 2. The molecule has 1 aromatic carbocycles. The topological polar surface area (TPSA) is 29.5 Å². The first-order valence-electron chi connectivity index (χ1n) is 5.23. The third kappa shape index (κ3) is 2.72. The van der Waals surface area contributed by atoms with Gasteiger partial charge in [-0.1, -0.05) is 18.2 Å². The lowest BCUT2D eigenvalue weighted by Crippen LogP contribution is -2.27. The van der Waals surface area contributed by atoms with Gasteiger partial charge in [-0.2, -0.15) is 0 Å². The van der Waals surface area contributed by atoms with Gasteiger partial charge in [0, 0.05) is 12.7 Å². The highest BCUT2D eigenvalue weighted by atomic mass is 16.6. The number of benzene rings is 1. The SMILES string of the molecule is CN(C(=O)OCC1CC1)c1ccccc1. The highest BCUT2D eigenvalue weighted by Crippen LogP contribution is 2.29. The van der Waals surface area contributed by atoms with Crippen LogP contribution in [0.4, 0.5) is 10.5 Å². The summed E-state index contributed by atoms with van der Waals surface area (Å²) in [5.41, 5.74) is 0.860. The molecule has 15 heavy (non-hydrogen) atoms. The van der Waals surface area contributed by atoms with E-state index in [0.717, 1.165) is 5.69 Å². The van der Waals surface area contributed by atoms with Gasteiger partial charge in [-0.05, 0) is 30.9 Å². The van der Waals surface area contributed by atoms with Crippen LogP contribution in [0.25, 0.3) is 0 Å². The fourth-order valence-corrected chi connectivity index (χ4v) is 1.33. The number of carbonyl (C=O) groups is 1. The maximum absolute atomic E-state index is 11.6. The standard InChI is InChI=1S/C12H15NO2/c1-13(11-5-3-2-4-6-11)12(14)15-9-10-7-8-10/h2-6,10H,7-9H2,1H3. The zero-order valence-corrected chi connectivity index (χ0v) is 8.85. The highest BCUT2D eigenvalue weighted by molar-refractivity contribution is 5.86.